The Morgan fingerprint density at radius 1 is 1.00 bits per heavy atom. The molecule has 0 aliphatic heterocycles. The van der Waals surface area contributed by atoms with Gasteiger partial charge in [-0.2, -0.15) is 5.26 Å². The van der Waals surface area contributed by atoms with Crippen molar-refractivity contribution in [1.82, 2.24) is 10.6 Å². The molecule has 2 aliphatic carbocycles. The van der Waals surface area contributed by atoms with Crippen LogP contribution in [0.25, 0.3) is 22.1 Å². The maximum atomic E-state index is 14.0. The maximum Gasteiger partial charge on any atom is 0.287 e. The van der Waals surface area contributed by atoms with Gasteiger partial charge in [0.15, 0.2) is 15.6 Å². The summed E-state index contributed by atoms with van der Waals surface area (Å²) in [5, 5.41) is 15.3. The largest absolute Gasteiger partial charge is 0.496 e. The number of hydrogen-bond donors (Lipinski definition) is 2. The minimum absolute atomic E-state index is 0.0934. The highest BCUT2D eigenvalue weighted by Gasteiger charge is 2.53. The molecule has 0 spiro atoms. The number of amides is 2. The first-order valence-electron chi connectivity index (χ1n) is 13.1. The quantitative estimate of drug-likeness (QED) is 0.397. The summed E-state index contributed by atoms with van der Waals surface area (Å²) in [5.41, 5.74) is -0.261. The van der Waals surface area contributed by atoms with Crippen LogP contribution in [0.4, 0.5) is 8.78 Å². The van der Waals surface area contributed by atoms with Crippen molar-refractivity contribution in [2.24, 2.45) is 0 Å². The van der Waals surface area contributed by atoms with Crippen molar-refractivity contribution in [3.8, 4) is 22.9 Å². The van der Waals surface area contributed by atoms with Gasteiger partial charge in [-0.15, -0.1) is 0 Å². The van der Waals surface area contributed by atoms with Gasteiger partial charge < -0.3 is 19.8 Å². The fourth-order valence-corrected chi connectivity index (χ4v) is 5.91. The Morgan fingerprint density at radius 3 is 2.27 bits per heavy atom. The first kappa shape index (κ1) is 28.5. The second-order valence-electron chi connectivity index (χ2n) is 11.0. The molecule has 3 aromatic rings. The molecule has 1 heterocycles. The summed E-state index contributed by atoms with van der Waals surface area (Å²) in [6.45, 7) is 0. The molecule has 0 atom stereocenters. The normalized spacial score (nSPS) is 18.7. The predicted molar refractivity (Wildman–Crippen MR) is 146 cm³/mol. The Morgan fingerprint density at radius 2 is 1.66 bits per heavy atom. The second kappa shape index (κ2) is 10.1. The average molecular weight is 586 g/mol. The van der Waals surface area contributed by atoms with Crippen LogP contribution in [0.3, 0.4) is 0 Å². The number of nitrogens with one attached hydrogen (secondary N) is 2. The van der Waals surface area contributed by atoms with Gasteiger partial charge in [-0.3, -0.25) is 9.59 Å². The smallest absolute Gasteiger partial charge is 0.287 e. The summed E-state index contributed by atoms with van der Waals surface area (Å²) in [6.07, 6.45) is 0.376. The molecule has 5 rings (SSSR count). The number of furan rings is 1. The van der Waals surface area contributed by atoms with E-state index in [1.165, 1.54) is 13.2 Å². The van der Waals surface area contributed by atoms with Crippen molar-refractivity contribution in [3.05, 3.63) is 53.8 Å². The highest BCUT2D eigenvalue weighted by Crippen LogP contribution is 2.41. The van der Waals surface area contributed by atoms with E-state index < -0.39 is 51.5 Å². The number of alkyl halides is 2. The minimum atomic E-state index is -3.26. The molecular weight excluding hydrogens is 556 g/mol. The molecule has 1 aromatic heterocycles. The third-order valence-electron chi connectivity index (χ3n) is 7.72. The van der Waals surface area contributed by atoms with Crippen molar-refractivity contribution in [2.75, 3.05) is 13.4 Å². The number of carbonyl (C=O) groups excluding carboxylic acids is 2. The Balaban J connectivity index is 1.40. The monoisotopic (exact) mass is 585 g/mol. The summed E-state index contributed by atoms with van der Waals surface area (Å²) in [6, 6.07) is 14.0. The van der Waals surface area contributed by atoms with Gasteiger partial charge in [0, 0.05) is 30.0 Å². The molecule has 0 unspecified atom stereocenters. The fourth-order valence-electron chi connectivity index (χ4n) is 5.11. The lowest BCUT2D eigenvalue weighted by atomic mass is 9.78. The van der Waals surface area contributed by atoms with Crippen molar-refractivity contribution in [1.29, 1.82) is 5.26 Å². The van der Waals surface area contributed by atoms with Gasteiger partial charge in [-0.25, -0.2) is 17.2 Å². The van der Waals surface area contributed by atoms with Crippen LogP contribution in [0.1, 0.15) is 54.6 Å². The molecule has 0 saturated heterocycles. The number of sulfone groups is 1. The van der Waals surface area contributed by atoms with Crippen LogP contribution in [-0.2, 0) is 20.4 Å². The molecule has 2 aliphatic rings. The van der Waals surface area contributed by atoms with E-state index in [4.69, 9.17) is 9.15 Å². The number of methoxy groups -OCH3 is 1. The number of nitrogens with zero attached hydrogens (tertiary/aromatic N) is 1. The summed E-state index contributed by atoms with van der Waals surface area (Å²) in [5.74, 6) is -4.16. The van der Waals surface area contributed by atoms with Gasteiger partial charge in [0.1, 0.15) is 22.4 Å². The molecule has 9 nitrogen and oxygen atoms in total. The zero-order chi connectivity index (χ0) is 29.6. The number of fused-ring (bicyclic) bond motifs is 1. The Hall–Kier alpha value is -3.98. The van der Waals surface area contributed by atoms with E-state index in [9.17, 15) is 32.0 Å². The van der Waals surface area contributed by atoms with Crippen LogP contribution >= 0.6 is 0 Å². The van der Waals surface area contributed by atoms with E-state index in [-0.39, 0.29) is 24.4 Å². The van der Waals surface area contributed by atoms with Gasteiger partial charge in [-0.1, -0.05) is 24.3 Å². The number of halogens is 2. The third-order valence-corrected chi connectivity index (χ3v) is 8.56. The number of ether oxygens (including phenoxy) is 1. The van der Waals surface area contributed by atoms with Gasteiger partial charge in [0.2, 0.25) is 11.8 Å². The molecule has 2 amide bonds. The van der Waals surface area contributed by atoms with Crippen molar-refractivity contribution in [2.45, 2.75) is 61.3 Å². The second-order valence-corrected chi connectivity index (χ2v) is 13.1. The molecule has 2 saturated carbocycles. The van der Waals surface area contributed by atoms with Gasteiger partial charge >= 0.3 is 0 Å². The van der Waals surface area contributed by atoms with Gasteiger partial charge in [0.25, 0.3) is 5.91 Å². The average Bonchev–Trinajstić information content (AvgIpc) is 3.56. The summed E-state index contributed by atoms with van der Waals surface area (Å²) < 4.78 is 62.7. The Labute approximate surface area is 235 Å². The van der Waals surface area contributed by atoms with E-state index in [0.717, 1.165) is 17.4 Å². The van der Waals surface area contributed by atoms with Crippen LogP contribution in [0.5, 0.6) is 5.75 Å². The Kier molecular flexibility index (Phi) is 7.06. The van der Waals surface area contributed by atoms with E-state index in [1.807, 2.05) is 0 Å². The maximum absolute atomic E-state index is 14.0. The van der Waals surface area contributed by atoms with Crippen LogP contribution in [0.15, 0.2) is 46.9 Å². The number of hydrogen-bond acceptors (Lipinski definition) is 7. The lowest BCUT2D eigenvalue weighted by Gasteiger charge is -2.39. The molecule has 0 bridgehead atoms. The summed E-state index contributed by atoms with van der Waals surface area (Å²) in [7, 11) is -1.81. The highest BCUT2D eigenvalue weighted by molar-refractivity contribution is 7.89. The summed E-state index contributed by atoms with van der Waals surface area (Å²) >= 11 is 0. The highest BCUT2D eigenvalue weighted by atomic mass is 32.2. The van der Waals surface area contributed by atoms with Crippen LogP contribution in [-0.4, -0.2) is 50.6 Å². The first-order valence-corrected chi connectivity index (χ1v) is 15.1. The molecule has 2 fully saturated rings. The van der Waals surface area contributed by atoms with Crippen molar-refractivity contribution in [3.63, 3.8) is 0 Å². The van der Waals surface area contributed by atoms with Crippen LogP contribution in [0.2, 0.25) is 0 Å². The third kappa shape index (κ3) is 6.05. The zero-order valence-electron chi connectivity index (χ0n) is 22.6. The van der Waals surface area contributed by atoms with E-state index in [2.05, 4.69) is 16.7 Å². The SMILES string of the molecule is COc1cc(-c2ccc3cc(C(=O)NC4(C(=O)NC5(C#N)CC5)CCC(F)(F)CC4)oc3c2)ccc1CS(C)(=O)=O. The van der Waals surface area contributed by atoms with Gasteiger partial charge in [0.05, 0.1) is 18.9 Å². The van der Waals surface area contributed by atoms with E-state index in [0.29, 0.717) is 35.1 Å². The number of benzene rings is 2. The van der Waals surface area contributed by atoms with E-state index in [1.54, 1.807) is 36.4 Å². The lowest BCUT2D eigenvalue weighted by Crippen LogP contribution is -2.62. The molecule has 41 heavy (non-hydrogen) atoms. The predicted octanol–water partition coefficient (Wildman–Crippen LogP) is 4.50. The molecule has 0 radical (unpaired) electrons. The molecule has 216 valence electrons. The zero-order valence-corrected chi connectivity index (χ0v) is 23.4. The van der Waals surface area contributed by atoms with Crippen molar-refractivity contribution >= 4 is 32.6 Å². The van der Waals surface area contributed by atoms with Gasteiger partial charge in [-0.05, 0) is 55.0 Å². The standard InChI is InChI=1S/C29H29F2N3O6S/c1-39-22-13-18(4-6-21(22)16-41(2,37)38)19-3-5-20-15-24(40-23(20)14-19)25(35)33-28(9-11-29(30,31)12-10-28)26(36)34-27(17-32)7-8-27/h3-6,13-15H,7-12,16H2,1-2H3,(H,33,35)(H,34,36). The molecular formula is C29H29F2N3O6S. The topological polar surface area (TPSA) is 138 Å². The first-order chi connectivity index (χ1) is 19.3. The molecule has 12 heteroatoms. The fraction of sp³-hybridized carbons (Fsp3) is 0.414. The van der Waals surface area contributed by atoms with Crippen LogP contribution < -0.4 is 15.4 Å². The number of rotatable bonds is 8. The number of carbonyl (C=O) groups is 2. The van der Waals surface area contributed by atoms with E-state index >= 15 is 0 Å². The van der Waals surface area contributed by atoms with Crippen LogP contribution in [0, 0.1) is 11.3 Å². The lowest BCUT2D eigenvalue weighted by molar-refractivity contribution is -0.133. The number of nitriles is 1. The molecule has 2 aromatic carbocycles. The summed E-state index contributed by atoms with van der Waals surface area (Å²) in [4.78, 5) is 26.5. The Bertz CT molecular complexity index is 1680. The molecule has 2 N–H and O–H groups in total. The minimum Gasteiger partial charge on any atom is -0.496 e. The van der Waals surface area contributed by atoms with Crippen molar-refractivity contribution < 1.29 is 35.9 Å².